The molecular formula is C14H18F3N3O. The Balaban J connectivity index is 1.96. The molecular weight excluding hydrogens is 283 g/mol. The lowest BCUT2D eigenvalue weighted by molar-refractivity contribution is -0.140. The van der Waals surface area contributed by atoms with Gasteiger partial charge in [0.15, 0.2) is 0 Å². The first-order valence-electron chi connectivity index (χ1n) is 6.88. The zero-order valence-corrected chi connectivity index (χ0v) is 11.8. The summed E-state index contributed by atoms with van der Waals surface area (Å²) < 4.78 is 36.4. The quantitative estimate of drug-likeness (QED) is 0.931. The number of rotatable bonds is 3. The highest BCUT2D eigenvalue weighted by Crippen LogP contribution is 2.22. The summed E-state index contributed by atoms with van der Waals surface area (Å²) in [6, 6.07) is 5.61. The number of carbonyl (C=O) groups excluding carboxylic acids is 1. The van der Waals surface area contributed by atoms with Gasteiger partial charge in [-0.3, -0.25) is 4.79 Å². The van der Waals surface area contributed by atoms with E-state index in [1.54, 1.807) is 0 Å². The first-order valence-corrected chi connectivity index (χ1v) is 6.88. The Morgan fingerprint density at radius 2 is 2.24 bits per heavy atom. The van der Waals surface area contributed by atoms with E-state index < -0.39 is 24.5 Å². The van der Waals surface area contributed by atoms with Gasteiger partial charge in [-0.2, -0.15) is 13.2 Å². The molecule has 1 aromatic rings. The summed E-state index contributed by atoms with van der Waals surface area (Å²) in [5, 5.41) is 1.96. The standard InChI is InChI=1S/C14H18F3N3O/c1-10-4-2-6-12(19-10)20-7-3-5-11(8-20)13(21)18-9-14(15,16)17/h2,4,6,11H,3,5,7-9H2,1H3,(H,18,21)/t11-/m1/s1. The van der Waals surface area contributed by atoms with E-state index >= 15 is 0 Å². The Morgan fingerprint density at radius 1 is 1.48 bits per heavy atom. The van der Waals surface area contributed by atoms with Gasteiger partial charge in [0.2, 0.25) is 5.91 Å². The molecule has 0 saturated carbocycles. The van der Waals surface area contributed by atoms with E-state index in [0.29, 0.717) is 13.0 Å². The Kier molecular flexibility index (Phi) is 4.69. The van der Waals surface area contributed by atoms with E-state index in [1.165, 1.54) is 0 Å². The number of hydrogen-bond acceptors (Lipinski definition) is 3. The Bertz CT molecular complexity index is 504. The van der Waals surface area contributed by atoms with E-state index in [1.807, 2.05) is 35.3 Å². The van der Waals surface area contributed by atoms with Gasteiger partial charge in [0.25, 0.3) is 0 Å². The van der Waals surface area contributed by atoms with E-state index in [0.717, 1.165) is 24.5 Å². The predicted molar refractivity (Wildman–Crippen MR) is 73.0 cm³/mol. The van der Waals surface area contributed by atoms with E-state index in [-0.39, 0.29) is 0 Å². The molecule has 0 aliphatic carbocycles. The molecule has 1 amide bonds. The van der Waals surface area contributed by atoms with Crippen molar-refractivity contribution in [2.75, 3.05) is 24.5 Å². The van der Waals surface area contributed by atoms with Crippen LogP contribution < -0.4 is 10.2 Å². The summed E-state index contributed by atoms with van der Waals surface area (Å²) in [4.78, 5) is 18.2. The summed E-state index contributed by atoms with van der Waals surface area (Å²) in [5.41, 5.74) is 0.871. The maximum absolute atomic E-state index is 12.1. The van der Waals surface area contributed by atoms with E-state index in [4.69, 9.17) is 0 Å². The number of nitrogens with zero attached hydrogens (tertiary/aromatic N) is 2. The molecule has 1 aromatic heterocycles. The van der Waals surface area contributed by atoms with E-state index in [2.05, 4.69) is 4.98 Å². The monoisotopic (exact) mass is 301 g/mol. The lowest BCUT2D eigenvalue weighted by Gasteiger charge is -2.33. The zero-order chi connectivity index (χ0) is 15.5. The van der Waals surface area contributed by atoms with Gasteiger partial charge < -0.3 is 10.2 Å². The van der Waals surface area contributed by atoms with Gasteiger partial charge in [-0.1, -0.05) is 6.07 Å². The SMILES string of the molecule is Cc1cccc(N2CCC[C@@H](C(=O)NCC(F)(F)F)C2)n1. The molecule has 1 atom stereocenters. The van der Waals surface area contributed by atoms with E-state index in [9.17, 15) is 18.0 Å². The molecule has 0 radical (unpaired) electrons. The maximum atomic E-state index is 12.1. The van der Waals surface area contributed by atoms with Gasteiger partial charge in [-0.15, -0.1) is 0 Å². The molecule has 4 nitrogen and oxygen atoms in total. The fourth-order valence-corrected chi connectivity index (χ4v) is 2.44. The van der Waals surface area contributed by atoms with Gasteiger partial charge in [0.05, 0.1) is 5.92 Å². The predicted octanol–water partition coefficient (Wildman–Crippen LogP) is 2.28. The van der Waals surface area contributed by atoms with Gasteiger partial charge in [-0.05, 0) is 31.9 Å². The Morgan fingerprint density at radius 3 is 2.90 bits per heavy atom. The molecule has 2 rings (SSSR count). The zero-order valence-electron chi connectivity index (χ0n) is 11.8. The van der Waals surface area contributed by atoms with Gasteiger partial charge in [0, 0.05) is 18.8 Å². The molecule has 21 heavy (non-hydrogen) atoms. The smallest absolute Gasteiger partial charge is 0.356 e. The third-order valence-corrected chi connectivity index (χ3v) is 3.45. The summed E-state index contributed by atoms with van der Waals surface area (Å²) >= 11 is 0. The lowest BCUT2D eigenvalue weighted by atomic mass is 9.97. The second kappa shape index (κ2) is 6.32. The highest BCUT2D eigenvalue weighted by molar-refractivity contribution is 5.79. The number of nitrogens with one attached hydrogen (secondary N) is 1. The van der Waals surface area contributed by atoms with Crippen LogP contribution in [0.2, 0.25) is 0 Å². The molecule has 0 unspecified atom stereocenters. The topological polar surface area (TPSA) is 45.2 Å². The van der Waals surface area contributed by atoms with Gasteiger partial charge in [-0.25, -0.2) is 4.98 Å². The van der Waals surface area contributed by atoms with Crippen molar-refractivity contribution < 1.29 is 18.0 Å². The number of aromatic nitrogens is 1. The number of carbonyl (C=O) groups is 1. The first kappa shape index (κ1) is 15.6. The number of anilines is 1. The van der Waals surface area contributed by atoms with Crippen molar-refractivity contribution in [1.29, 1.82) is 0 Å². The minimum atomic E-state index is -4.37. The third-order valence-electron chi connectivity index (χ3n) is 3.45. The molecule has 7 heteroatoms. The van der Waals surface area contributed by atoms with Gasteiger partial charge in [0.1, 0.15) is 12.4 Å². The summed E-state index contributed by atoms with van der Waals surface area (Å²) in [7, 11) is 0. The molecule has 0 aromatic carbocycles. The van der Waals surface area contributed by atoms with Crippen LogP contribution in [0.25, 0.3) is 0 Å². The number of hydrogen-bond donors (Lipinski definition) is 1. The summed E-state index contributed by atoms with van der Waals surface area (Å²) in [6.45, 7) is 1.77. The fourth-order valence-electron chi connectivity index (χ4n) is 2.44. The van der Waals surface area contributed by atoms with Crippen LogP contribution in [0, 0.1) is 12.8 Å². The van der Waals surface area contributed by atoms with Crippen molar-refractivity contribution in [3.63, 3.8) is 0 Å². The Hall–Kier alpha value is -1.79. The molecule has 1 saturated heterocycles. The van der Waals surface area contributed by atoms with Crippen molar-refractivity contribution in [3.8, 4) is 0 Å². The van der Waals surface area contributed by atoms with Crippen LogP contribution >= 0.6 is 0 Å². The number of aryl methyl sites for hydroxylation is 1. The van der Waals surface area contributed by atoms with Crippen molar-refractivity contribution in [2.24, 2.45) is 5.92 Å². The average Bonchev–Trinajstić information content (AvgIpc) is 2.44. The molecule has 2 heterocycles. The number of halogens is 3. The van der Waals surface area contributed by atoms with Crippen molar-refractivity contribution >= 4 is 11.7 Å². The second-order valence-electron chi connectivity index (χ2n) is 5.26. The number of piperidine rings is 1. The minimum absolute atomic E-state index is 0.403. The highest BCUT2D eigenvalue weighted by Gasteiger charge is 2.31. The fraction of sp³-hybridized carbons (Fsp3) is 0.571. The van der Waals surface area contributed by atoms with Gasteiger partial charge >= 0.3 is 6.18 Å². The molecule has 1 aliphatic heterocycles. The Labute approximate surface area is 121 Å². The van der Waals surface area contributed by atoms with Crippen molar-refractivity contribution in [2.45, 2.75) is 25.9 Å². The number of pyridine rings is 1. The van der Waals surface area contributed by atoms with Crippen LogP contribution in [0.3, 0.4) is 0 Å². The first-order chi connectivity index (χ1) is 9.85. The molecule has 1 N–H and O–H groups in total. The largest absolute Gasteiger partial charge is 0.405 e. The normalized spacial score (nSPS) is 19.4. The number of alkyl halides is 3. The third kappa shape index (κ3) is 4.61. The van der Waals surface area contributed by atoms with Crippen LogP contribution in [-0.4, -0.2) is 36.7 Å². The highest BCUT2D eigenvalue weighted by atomic mass is 19.4. The molecule has 1 aliphatic rings. The summed E-state index contributed by atoms with van der Waals surface area (Å²) in [6.07, 6.45) is -3.01. The van der Waals surface area contributed by atoms with Crippen LogP contribution in [0.15, 0.2) is 18.2 Å². The maximum Gasteiger partial charge on any atom is 0.405 e. The van der Waals surface area contributed by atoms with Crippen molar-refractivity contribution in [1.82, 2.24) is 10.3 Å². The molecule has 0 bridgehead atoms. The van der Waals surface area contributed by atoms with Crippen molar-refractivity contribution in [3.05, 3.63) is 23.9 Å². The minimum Gasteiger partial charge on any atom is -0.356 e. The summed E-state index contributed by atoms with van der Waals surface area (Å²) in [5.74, 6) is -0.198. The molecule has 116 valence electrons. The average molecular weight is 301 g/mol. The second-order valence-corrected chi connectivity index (χ2v) is 5.26. The van der Waals surface area contributed by atoms with Crippen LogP contribution in [0.5, 0.6) is 0 Å². The van der Waals surface area contributed by atoms with Crippen LogP contribution in [0.4, 0.5) is 19.0 Å². The molecule has 0 spiro atoms. The van der Waals surface area contributed by atoms with Crippen LogP contribution in [-0.2, 0) is 4.79 Å². The van der Waals surface area contributed by atoms with Crippen LogP contribution in [0.1, 0.15) is 18.5 Å². The lowest BCUT2D eigenvalue weighted by Crippen LogP contribution is -2.45. The molecule has 1 fully saturated rings. The number of amides is 1.